The molecule has 0 radical (unpaired) electrons. The van der Waals surface area contributed by atoms with Gasteiger partial charge in [0.15, 0.2) is 6.61 Å². The summed E-state index contributed by atoms with van der Waals surface area (Å²) in [6.45, 7) is 5.90. The van der Waals surface area contributed by atoms with Gasteiger partial charge in [0.05, 0.1) is 16.3 Å². The summed E-state index contributed by atoms with van der Waals surface area (Å²) in [4.78, 5) is 27.9. The Hall–Kier alpha value is -2.41. The summed E-state index contributed by atoms with van der Waals surface area (Å²) in [5.41, 5.74) is 1.24. The summed E-state index contributed by atoms with van der Waals surface area (Å²) in [5, 5.41) is 5.68. The van der Waals surface area contributed by atoms with E-state index in [9.17, 15) is 9.59 Å². The zero-order chi connectivity index (χ0) is 18.2. The van der Waals surface area contributed by atoms with Gasteiger partial charge >= 0.3 is 5.97 Å². The van der Waals surface area contributed by atoms with Crippen molar-refractivity contribution in [2.75, 3.05) is 6.61 Å². The van der Waals surface area contributed by atoms with Gasteiger partial charge in [0.25, 0.3) is 5.91 Å². The Morgan fingerprint density at radius 2 is 2.00 bits per heavy atom. The quantitative estimate of drug-likeness (QED) is 0.730. The average molecular weight is 362 g/mol. The minimum absolute atomic E-state index is 0.0594. The first kappa shape index (κ1) is 18.9. The number of esters is 1. The van der Waals surface area contributed by atoms with Gasteiger partial charge in [0, 0.05) is 11.4 Å². The van der Waals surface area contributed by atoms with Gasteiger partial charge in [-0.3, -0.25) is 4.79 Å². The van der Waals surface area contributed by atoms with E-state index in [0.717, 1.165) is 17.1 Å². The summed E-state index contributed by atoms with van der Waals surface area (Å²) in [5.74, 6) is -0.209. The Balaban J connectivity index is 1.80. The van der Waals surface area contributed by atoms with E-state index in [-0.39, 0.29) is 18.6 Å². The van der Waals surface area contributed by atoms with E-state index in [0.29, 0.717) is 17.9 Å². The molecule has 1 atom stereocenters. The molecule has 0 spiro atoms. The van der Waals surface area contributed by atoms with Crippen LogP contribution in [0.15, 0.2) is 29.6 Å². The molecule has 0 bridgehead atoms. The molecule has 25 heavy (non-hydrogen) atoms. The van der Waals surface area contributed by atoms with Crippen LogP contribution in [0.1, 0.15) is 41.3 Å². The molecule has 6 nitrogen and oxygen atoms in total. The van der Waals surface area contributed by atoms with Gasteiger partial charge in [-0.05, 0) is 44.5 Å². The summed E-state index contributed by atoms with van der Waals surface area (Å²) in [6.07, 6.45) is 0.821. The number of aryl methyl sites for hydroxylation is 1. The zero-order valence-electron chi connectivity index (χ0n) is 14.6. The largest absolute Gasteiger partial charge is 0.487 e. The molecular weight excluding hydrogens is 340 g/mol. The minimum atomic E-state index is -0.541. The van der Waals surface area contributed by atoms with E-state index in [4.69, 9.17) is 9.47 Å². The number of nitrogens with one attached hydrogen (secondary N) is 1. The number of rotatable bonds is 8. The van der Waals surface area contributed by atoms with Gasteiger partial charge in [-0.15, -0.1) is 11.3 Å². The van der Waals surface area contributed by atoms with Crippen molar-refractivity contribution in [3.63, 3.8) is 0 Å². The van der Waals surface area contributed by atoms with Gasteiger partial charge in [-0.2, -0.15) is 0 Å². The smallest absolute Gasteiger partial charge is 0.338 e. The average Bonchev–Trinajstić information content (AvgIpc) is 3.03. The number of carbonyl (C=O) groups excluding carboxylic acids is 2. The number of amides is 1. The van der Waals surface area contributed by atoms with Crippen molar-refractivity contribution in [3.05, 3.63) is 45.9 Å². The zero-order valence-corrected chi connectivity index (χ0v) is 15.4. The fourth-order valence-electron chi connectivity index (χ4n) is 1.95. The van der Waals surface area contributed by atoms with Crippen LogP contribution >= 0.6 is 11.3 Å². The summed E-state index contributed by atoms with van der Waals surface area (Å²) >= 11 is 1.57. The van der Waals surface area contributed by atoms with Crippen molar-refractivity contribution in [2.24, 2.45) is 0 Å². The lowest BCUT2D eigenvalue weighted by Crippen LogP contribution is -2.35. The Bertz CT molecular complexity index is 712. The molecule has 0 fully saturated rings. The summed E-state index contributed by atoms with van der Waals surface area (Å²) in [7, 11) is 0. The van der Waals surface area contributed by atoms with Gasteiger partial charge in [-0.25, -0.2) is 9.78 Å². The third-order valence-corrected chi connectivity index (χ3v) is 4.32. The van der Waals surface area contributed by atoms with Crippen molar-refractivity contribution in [1.82, 2.24) is 10.3 Å². The highest BCUT2D eigenvalue weighted by Crippen LogP contribution is 2.16. The van der Waals surface area contributed by atoms with Crippen molar-refractivity contribution in [1.29, 1.82) is 0 Å². The molecular formula is C18H22N2O4S. The Labute approximate surface area is 151 Å². The number of aromatic nitrogens is 1. The van der Waals surface area contributed by atoms with Crippen LogP contribution in [0.5, 0.6) is 5.75 Å². The number of ether oxygens (including phenoxy) is 2. The first-order chi connectivity index (χ1) is 12.0. The van der Waals surface area contributed by atoms with Crippen LogP contribution in [0.25, 0.3) is 0 Å². The maximum Gasteiger partial charge on any atom is 0.338 e. The lowest BCUT2D eigenvalue weighted by molar-refractivity contribution is -0.124. The second-order valence-electron chi connectivity index (χ2n) is 5.62. The van der Waals surface area contributed by atoms with E-state index in [2.05, 4.69) is 10.3 Å². The van der Waals surface area contributed by atoms with Gasteiger partial charge in [0.1, 0.15) is 12.4 Å². The molecule has 0 aliphatic carbocycles. The first-order valence-corrected chi connectivity index (χ1v) is 8.96. The molecule has 0 saturated heterocycles. The molecule has 1 heterocycles. The highest BCUT2D eigenvalue weighted by Gasteiger charge is 2.11. The number of hydrogen-bond donors (Lipinski definition) is 1. The number of hydrogen-bond acceptors (Lipinski definition) is 6. The normalized spacial score (nSPS) is 11.6. The van der Waals surface area contributed by atoms with Gasteiger partial charge < -0.3 is 14.8 Å². The molecule has 134 valence electrons. The highest BCUT2D eigenvalue weighted by atomic mass is 32.1. The lowest BCUT2D eigenvalue weighted by atomic mass is 10.2. The van der Waals surface area contributed by atoms with E-state index >= 15 is 0 Å². The van der Waals surface area contributed by atoms with E-state index in [1.807, 2.05) is 26.2 Å². The topological polar surface area (TPSA) is 77.5 Å². The molecule has 0 aliphatic rings. The first-order valence-electron chi connectivity index (χ1n) is 8.08. The molecule has 1 amide bonds. The maximum absolute atomic E-state index is 11.9. The second kappa shape index (κ2) is 9.17. The number of carbonyl (C=O) groups is 2. The Morgan fingerprint density at radius 3 is 2.60 bits per heavy atom. The monoisotopic (exact) mass is 362 g/mol. The predicted molar refractivity (Wildman–Crippen MR) is 95.8 cm³/mol. The molecule has 1 aromatic carbocycles. The summed E-state index contributed by atoms with van der Waals surface area (Å²) < 4.78 is 10.6. The fourth-order valence-corrected chi connectivity index (χ4v) is 2.55. The van der Waals surface area contributed by atoms with E-state index in [1.165, 1.54) is 0 Å². The van der Waals surface area contributed by atoms with Gasteiger partial charge in [0.2, 0.25) is 0 Å². The van der Waals surface area contributed by atoms with Crippen molar-refractivity contribution < 1.29 is 19.1 Å². The van der Waals surface area contributed by atoms with Crippen LogP contribution in [0.2, 0.25) is 0 Å². The van der Waals surface area contributed by atoms with Crippen LogP contribution in [-0.4, -0.2) is 29.5 Å². The molecule has 1 N–H and O–H groups in total. The molecule has 0 saturated carbocycles. The number of benzene rings is 1. The SMILES string of the molecule is CCC(C)NC(=O)COC(=O)c1ccc(OCc2csc(C)n2)cc1. The minimum Gasteiger partial charge on any atom is -0.487 e. The van der Waals surface area contributed by atoms with Crippen LogP contribution < -0.4 is 10.1 Å². The highest BCUT2D eigenvalue weighted by molar-refractivity contribution is 7.09. The molecule has 2 aromatic rings. The number of nitrogens with zero attached hydrogens (tertiary/aromatic N) is 1. The number of thiazole rings is 1. The predicted octanol–water partition coefficient (Wildman–Crippen LogP) is 3.10. The van der Waals surface area contributed by atoms with Crippen LogP contribution in [-0.2, 0) is 16.1 Å². The molecule has 1 aromatic heterocycles. The van der Waals surface area contributed by atoms with Crippen LogP contribution in [0.3, 0.4) is 0 Å². The Morgan fingerprint density at radius 1 is 1.28 bits per heavy atom. The lowest BCUT2D eigenvalue weighted by Gasteiger charge is -2.11. The molecule has 0 aliphatic heterocycles. The fraction of sp³-hybridized carbons (Fsp3) is 0.389. The Kier molecular flexibility index (Phi) is 6.94. The van der Waals surface area contributed by atoms with Gasteiger partial charge in [-0.1, -0.05) is 6.92 Å². The van der Waals surface area contributed by atoms with E-state index < -0.39 is 5.97 Å². The third-order valence-electron chi connectivity index (χ3n) is 3.50. The second-order valence-corrected chi connectivity index (χ2v) is 6.69. The van der Waals surface area contributed by atoms with Crippen molar-refractivity contribution >= 4 is 23.2 Å². The van der Waals surface area contributed by atoms with Crippen LogP contribution in [0.4, 0.5) is 0 Å². The standard InChI is InChI=1S/C18H22N2O4S/c1-4-12(2)19-17(21)10-24-18(22)14-5-7-16(8-6-14)23-9-15-11-25-13(3)20-15/h5-8,11-12H,4,9-10H2,1-3H3,(H,19,21). The third kappa shape index (κ3) is 6.19. The molecule has 2 rings (SSSR count). The van der Waals surface area contributed by atoms with Crippen molar-refractivity contribution in [2.45, 2.75) is 39.8 Å². The molecule has 7 heteroatoms. The van der Waals surface area contributed by atoms with Crippen LogP contribution in [0, 0.1) is 6.92 Å². The maximum atomic E-state index is 11.9. The summed E-state index contributed by atoms with van der Waals surface area (Å²) in [6, 6.07) is 6.65. The van der Waals surface area contributed by atoms with E-state index in [1.54, 1.807) is 35.6 Å². The molecule has 1 unspecified atom stereocenters. The van der Waals surface area contributed by atoms with Crippen molar-refractivity contribution in [3.8, 4) is 5.75 Å².